The Morgan fingerprint density at radius 1 is 0.904 bits per heavy atom. The van der Waals surface area contributed by atoms with Crippen LogP contribution in [0.25, 0.3) is 0 Å². The van der Waals surface area contributed by atoms with E-state index < -0.39 is 121 Å². The van der Waals surface area contributed by atoms with Gasteiger partial charge >= 0.3 is 5.97 Å². The molecule has 4 N–H and O–H groups in total. The molecule has 0 amide bonds. The molecule has 3 heterocycles. The van der Waals surface area contributed by atoms with E-state index >= 15 is 0 Å². The number of cyclic esters (lactones) is 1. The zero-order valence-electron chi connectivity index (χ0n) is 36.4. The van der Waals surface area contributed by atoms with Crippen molar-refractivity contribution >= 4 is 11.8 Å². The Kier molecular flexibility index (Phi) is 13.7. The van der Waals surface area contributed by atoms with Crippen molar-refractivity contribution < 1.29 is 67.3 Å². The van der Waals surface area contributed by atoms with Crippen molar-refractivity contribution in [2.24, 2.45) is 23.7 Å². The lowest BCUT2D eigenvalue weighted by Gasteiger charge is -2.50. The predicted octanol–water partition coefficient (Wildman–Crippen LogP) is 2.44. The molecule has 14 nitrogen and oxygen atoms in total. The minimum absolute atomic E-state index is 0.0307. The van der Waals surface area contributed by atoms with Crippen molar-refractivity contribution in [3.63, 3.8) is 0 Å². The number of ketones is 1. The first-order chi connectivity index (χ1) is 25.1. The van der Waals surface area contributed by atoms with E-state index in [0.717, 1.165) is 0 Å². The van der Waals surface area contributed by atoms with Crippen LogP contribution in [0.2, 0.25) is 0 Å². The van der Waals surface area contributed by atoms with Crippen molar-refractivity contribution in [3.05, 3.63) is 0 Å². The highest BCUT2D eigenvalue weighted by atomic mass is 16.7. The van der Waals surface area contributed by atoms with Gasteiger partial charge in [-0.3, -0.25) is 9.59 Å². The minimum Gasteiger partial charge on any atom is -0.459 e. The van der Waals surface area contributed by atoms with E-state index in [-0.39, 0.29) is 25.4 Å². The van der Waals surface area contributed by atoms with Crippen molar-refractivity contribution in [3.8, 4) is 0 Å². The number of methoxy groups -OCH3 is 2. The minimum atomic E-state index is -3.03. The first-order valence-electron chi connectivity index (χ1n) is 20.2. The van der Waals surface area contributed by atoms with Gasteiger partial charge in [0, 0.05) is 44.4 Å². The fraction of sp³-hybridized carbons (Fsp3) is 0.947. The van der Waals surface area contributed by atoms with E-state index in [1.54, 1.807) is 41.5 Å². The number of aliphatic hydroxyl groups is 4. The van der Waals surface area contributed by atoms with E-state index in [2.05, 4.69) is 0 Å². The molecule has 3 saturated heterocycles. The van der Waals surface area contributed by atoms with Crippen molar-refractivity contribution in [1.82, 2.24) is 4.90 Å². The zero-order chi connectivity index (χ0) is 42.2. The lowest BCUT2D eigenvalue weighted by Crippen LogP contribution is -2.61. The van der Waals surface area contributed by atoms with E-state index in [1.165, 1.54) is 27.9 Å². The van der Waals surface area contributed by atoms with Crippen LogP contribution in [0.4, 0.5) is 0 Å². The third kappa shape index (κ3) is 9.38. The van der Waals surface area contributed by atoms with Gasteiger partial charge in [-0.05, 0) is 74.9 Å². The molecule has 0 bridgehead atoms. The second-order valence-electron chi connectivity index (χ2n) is 16.5. The van der Waals surface area contributed by atoms with Crippen LogP contribution in [0.15, 0.2) is 0 Å². The lowest BCUT2D eigenvalue weighted by molar-refractivity contribution is -0.319. The van der Waals surface area contributed by atoms with Gasteiger partial charge in [0.1, 0.15) is 29.7 Å². The summed E-state index contributed by atoms with van der Waals surface area (Å²) in [5.74, 6) is -5.63. The summed E-state index contributed by atoms with van der Waals surface area (Å²) in [5, 5.41) is 45.7. The van der Waals surface area contributed by atoms with Crippen LogP contribution in [-0.2, 0) is 42.7 Å². The van der Waals surface area contributed by atoms with Crippen molar-refractivity contribution in [2.75, 3.05) is 28.2 Å². The number of carbonyl (C=O) groups excluding carboxylic acids is 2. The van der Waals surface area contributed by atoms with Gasteiger partial charge in [0.15, 0.2) is 12.6 Å². The van der Waals surface area contributed by atoms with Crippen LogP contribution < -0.4 is 0 Å². The van der Waals surface area contributed by atoms with Gasteiger partial charge < -0.3 is 58.5 Å². The molecular formula is C38H69NO13. The molecule has 18 atom stereocenters. The molecule has 0 aromatic carbocycles. The first kappa shape index (κ1) is 40.4. The van der Waals surface area contributed by atoms with E-state index in [0.29, 0.717) is 6.42 Å². The number of ether oxygens (including phenoxy) is 7. The quantitative estimate of drug-likeness (QED) is 0.266. The number of hydrogen-bond donors (Lipinski definition) is 4. The third-order valence-electron chi connectivity index (χ3n) is 12.0. The zero-order valence-corrected chi connectivity index (χ0v) is 33.4. The van der Waals surface area contributed by atoms with Crippen LogP contribution in [0.5, 0.6) is 0 Å². The van der Waals surface area contributed by atoms with Crippen LogP contribution in [0.1, 0.15) is 99.0 Å². The van der Waals surface area contributed by atoms with Crippen molar-refractivity contribution in [2.45, 2.75) is 179 Å². The lowest BCUT2D eigenvalue weighted by atomic mass is 9.74. The molecule has 304 valence electrons. The van der Waals surface area contributed by atoms with Crippen LogP contribution in [-0.4, -0.2) is 150 Å². The summed E-state index contributed by atoms with van der Waals surface area (Å²) in [4.78, 5) is 30.2. The van der Waals surface area contributed by atoms with E-state index in [1.807, 2.05) is 25.9 Å². The normalized spacial score (nSPS) is 50.1. The fourth-order valence-corrected chi connectivity index (χ4v) is 8.49. The maximum atomic E-state index is 14.2. The van der Waals surface area contributed by atoms with Gasteiger partial charge in [-0.1, -0.05) is 27.7 Å². The van der Waals surface area contributed by atoms with Crippen LogP contribution in [0.3, 0.4) is 0 Å². The molecule has 0 aromatic heterocycles. The second kappa shape index (κ2) is 17.7. The van der Waals surface area contributed by atoms with Crippen LogP contribution >= 0.6 is 0 Å². The molecule has 0 spiro atoms. The third-order valence-corrected chi connectivity index (χ3v) is 12.0. The average molecular weight is 751 g/mol. The predicted molar refractivity (Wildman–Crippen MR) is 191 cm³/mol. The van der Waals surface area contributed by atoms with Crippen LogP contribution in [0, 0.1) is 23.7 Å². The highest BCUT2D eigenvalue weighted by Gasteiger charge is 2.54. The Labute approximate surface area is 314 Å². The van der Waals surface area contributed by atoms with Gasteiger partial charge in [-0.25, -0.2) is 0 Å². The Bertz CT molecular complexity index is 1290. The number of Topliss-reactive ketones (excluding diaryl/α,β-unsaturated/α-hetero) is 1. The van der Waals surface area contributed by atoms with Gasteiger partial charge in [-0.2, -0.15) is 0 Å². The van der Waals surface area contributed by atoms with Gasteiger partial charge in [-0.15, -0.1) is 0 Å². The fourth-order valence-electron chi connectivity index (χ4n) is 8.49. The maximum absolute atomic E-state index is 14.2. The molecule has 0 unspecified atom stereocenters. The van der Waals surface area contributed by atoms with Gasteiger partial charge in [0.2, 0.25) is 0 Å². The Hall–Kier alpha value is -1.30. The maximum Gasteiger partial charge on any atom is 0.311 e. The summed E-state index contributed by atoms with van der Waals surface area (Å²) in [7, 11) is 2.05. The number of carbonyl (C=O) groups is 2. The molecule has 3 aliphatic rings. The number of likely N-dealkylation sites (N-methyl/N-ethyl adjacent to an activating group) is 1. The number of hydrogen-bond acceptors (Lipinski definition) is 14. The second-order valence-corrected chi connectivity index (χ2v) is 16.5. The summed E-state index contributed by atoms with van der Waals surface area (Å²) in [6.07, 6.45) is -10.9. The first-order valence-corrected chi connectivity index (χ1v) is 18.7. The highest BCUT2D eigenvalue weighted by Crippen LogP contribution is 2.41. The Morgan fingerprint density at radius 2 is 1.54 bits per heavy atom. The molecule has 52 heavy (non-hydrogen) atoms. The molecule has 3 aliphatic heterocycles. The number of aliphatic hydroxyl groups excluding tert-OH is 3. The Balaban J connectivity index is 2.31. The number of esters is 1. The highest BCUT2D eigenvalue weighted by molar-refractivity contribution is 5.83. The average Bonchev–Trinajstić information content (AvgIpc) is 3.08. The monoisotopic (exact) mass is 750 g/mol. The van der Waals surface area contributed by atoms with Crippen molar-refractivity contribution in [1.29, 1.82) is 0 Å². The smallest absolute Gasteiger partial charge is 0.311 e. The molecule has 3 rings (SSSR count). The molecule has 14 heteroatoms. The SMILES string of the molecule is [2H]C([2H])([2H])O[C@]1(C)C[C@@H](C)C(=O)[C@H](C)[C@@H](O)[C@](C)(O)[C@@H](CC)OC(=O)[C@H](C)[C@@H](O[C@H]2C[C@@](C)(OC)[C@@H](O)[C@H](C)O2)[C@H](C)[C@H]1O[C@@H]1O[C@H](C)C[C@H](N(C)C)[C@H]1O. The van der Waals surface area contributed by atoms with E-state index in [4.69, 9.17) is 37.3 Å². The molecule has 0 radical (unpaired) electrons. The largest absolute Gasteiger partial charge is 0.459 e. The van der Waals surface area contributed by atoms with Gasteiger partial charge in [0.05, 0.1) is 51.8 Å². The van der Waals surface area contributed by atoms with E-state index in [9.17, 15) is 30.0 Å². The van der Waals surface area contributed by atoms with Gasteiger partial charge in [0.25, 0.3) is 0 Å². The number of rotatable bonds is 8. The summed E-state index contributed by atoms with van der Waals surface area (Å²) in [5.41, 5.74) is -5.05. The summed E-state index contributed by atoms with van der Waals surface area (Å²) < 4.78 is 68.0. The number of nitrogens with zero attached hydrogens (tertiary/aromatic N) is 1. The standard InChI is InChI=1S/C38H69NO13/c1-15-26-38(10,45)31(42)21(4)28(40)19(2)17-37(9,47-14)33(52-35-29(41)25(39(11)12)16-20(3)48-35)22(5)30(23(6)34(44)50-26)51-27-18-36(8,46-13)32(43)24(7)49-27/h19-27,29-33,35,41-43,45H,15-18H2,1-14H3/t19-,20-,21+,22+,23-,24+,25+,26-,27+,29-,30+,31-,32+,33-,35+,36-,37-,38-/m1/s1/i14D3. The topological polar surface area (TPSA) is 183 Å². The summed E-state index contributed by atoms with van der Waals surface area (Å²) in [6, 6.07) is -0.407. The molecule has 0 saturated carbocycles. The molecular weight excluding hydrogens is 678 g/mol. The molecule has 0 aliphatic carbocycles. The molecule has 0 aromatic rings. The Morgan fingerprint density at radius 3 is 2.10 bits per heavy atom. The molecule has 3 fully saturated rings. The summed E-state index contributed by atoms with van der Waals surface area (Å²) in [6.45, 7) is 15.9. The summed E-state index contributed by atoms with van der Waals surface area (Å²) >= 11 is 0.